The number of nitrogens with one attached hydrogen (secondary N) is 1. The Kier molecular flexibility index (Phi) is 7.91. The minimum atomic E-state index is 0.311. The predicted octanol–water partition coefficient (Wildman–Crippen LogP) is 3.71. The Morgan fingerprint density at radius 2 is 1.86 bits per heavy atom. The van der Waals surface area contributed by atoms with Crippen LogP contribution in [0, 0.1) is 5.41 Å². The van der Waals surface area contributed by atoms with Crippen molar-refractivity contribution in [2.45, 2.75) is 60.0 Å². The summed E-state index contributed by atoms with van der Waals surface area (Å²) < 4.78 is 0. The van der Waals surface area contributed by atoms with Crippen LogP contribution in [0.4, 0.5) is 0 Å². The van der Waals surface area contributed by atoms with Gasteiger partial charge in [0.15, 0.2) is 0 Å². The van der Waals surface area contributed by atoms with Gasteiger partial charge in [-0.15, -0.1) is 0 Å². The van der Waals surface area contributed by atoms with E-state index in [1.165, 1.54) is 18.4 Å². The fourth-order valence-corrected chi connectivity index (χ4v) is 2.57. The molecule has 120 valence electrons. The first-order chi connectivity index (χ1) is 9.97. The molecule has 0 aliphatic rings. The second kappa shape index (κ2) is 9.16. The normalized spacial score (nSPS) is 13.6. The highest BCUT2D eigenvalue weighted by molar-refractivity contribution is 5.09. The Hall–Kier alpha value is -0.930. The van der Waals surface area contributed by atoms with Gasteiger partial charge in [0.25, 0.3) is 0 Å². The van der Waals surface area contributed by atoms with Crippen molar-refractivity contribution in [1.82, 2.24) is 15.2 Å². The monoisotopic (exact) mass is 291 g/mol. The van der Waals surface area contributed by atoms with Crippen molar-refractivity contribution in [3.8, 4) is 0 Å². The van der Waals surface area contributed by atoms with Crippen LogP contribution >= 0.6 is 0 Å². The molecule has 3 nitrogen and oxygen atoms in total. The van der Waals surface area contributed by atoms with Crippen LogP contribution in [0.3, 0.4) is 0 Å². The minimum Gasteiger partial charge on any atom is -0.313 e. The minimum absolute atomic E-state index is 0.311. The largest absolute Gasteiger partial charge is 0.313 e. The van der Waals surface area contributed by atoms with Crippen molar-refractivity contribution in [1.29, 1.82) is 0 Å². The Labute approximate surface area is 131 Å². The van der Waals surface area contributed by atoms with E-state index in [0.717, 1.165) is 26.2 Å². The summed E-state index contributed by atoms with van der Waals surface area (Å²) in [4.78, 5) is 6.61. The van der Waals surface area contributed by atoms with E-state index in [1.54, 1.807) is 0 Å². The maximum absolute atomic E-state index is 4.09. The van der Waals surface area contributed by atoms with Crippen LogP contribution in [0.5, 0.6) is 0 Å². The van der Waals surface area contributed by atoms with Crippen LogP contribution in [-0.2, 0) is 6.54 Å². The zero-order valence-electron chi connectivity index (χ0n) is 14.5. The summed E-state index contributed by atoms with van der Waals surface area (Å²) in [7, 11) is 0. The lowest BCUT2D eigenvalue weighted by Crippen LogP contribution is -2.43. The molecule has 0 radical (unpaired) electrons. The van der Waals surface area contributed by atoms with Gasteiger partial charge in [-0.05, 0) is 55.6 Å². The van der Waals surface area contributed by atoms with Gasteiger partial charge in [-0.2, -0.15) is 0 Å². The number of pyridine rings is 1. The van der Waals surface area contributed by atoms with E-state index in [1.807, 2.05) is 12.4 Å². The molecule has 0 amide bonds. The van der Waals surface area contributed by atoms with Crippen molar-refractivity contribution < 1.29 is 0 Å². The maximum Gasteiger partial charge on any atom is 0.0271 e. The first-order valence-corrected chi connectivity index (χ1v) is 8.32. The molecule has 21 heavy (non-hydrogen) atoms. The van der Waals surface area contributed by atoms with Crippen molar-refractivity contribution in [2.24, 2.45) is 5.41 Å². The molecular weight excluding hydrogens is 258 g/mol. The van der Waals surface area contributed by atoms with Gasteiger partial charge in [0.05, 0.1) is 0 Å². The lowest BCUT2D eigenvalue weighted by molar-refractivity contribution is 0.204. The molecule has 1 rings (SSSR count). The standard InChI is InChI=1S/C18H33N3/c1-6-11-20-17(18(3,4)5)10-14-21(7-2)15-16-8-12-19-13-9-16/h8-9,12-13,17,20H,6-7,10-11,14-15H2,1-5H3. The molecule has 1 aromatic rings. The molecule has 1 atom stereocenters. The topological polar surface area (TPSA) is 28.2 Å². The number of aromatic nitrogens is 1. The molecule has 0 saturated carbocycles. The summed E-state index contributed by atoms with van der Waals surface area (Å²) in [6.07, 6.45) is 6.15. The Morgan fingerprint density at radius 1 is 1.19 bits per heavy atom. The summed E-state index contributed by atoms with van der Waals surface area (Å²) in [5.41, 5.74) is 1.66. The molecule has 0 fully saturated rings. The molecule has 0 bridgehead atoms. The first kappa shape index (κ1) is 18.1. The second-order valence-corrected chi connectivity index (χ2v) is 6.89. The van der Waals surface area contributed by atoms with Crippen molar-refractivity contribution in [3.63, 3.8) is 0 Å². The quantitative estimate of drug-likeness (QED) is 0.752. The predicted molar refractivity (Wildman–Crippen MR) is 91.3 cm³/mol. The highest BCUT2D eigenvalue weighted by atomic mass is 15.1. The molecule has 1 unspecified atom stereocenters. The lowest BCUT2D eigenvalue weighted by Gasteiger charge is -2.33. The molecule has 0 spiro atoms. The molecule has 1 N–H and O–H groups in total. The Bertz CT molecular complexity index is 370. The zero-order chi connectivity index (χ0) is 15.7. The van der Waals surface area contributed by atoms with E-state index in [0.29, 0.717) is 11.5 Å². The van der Waals surface area contributed by atoms with Crippen molar-refractivity contribution >= 4 is 0 Å². The summed E-state index contributed by atoms with van der Waals surface area (Å²) >= 11 is 0. The zero-order valence-corrected chi connectivity index (χ0v) is 14.5. The third kappa shape index (κ3) is 7.05. The number of nitrogens with zero attached hydrogens (tertiary/aromatic N) is 2. The van der Waals surface area contributed by atoms with Gasteiger partial charge < -0.3 is 5.32 Å². The average molecular weight is 291 g/mol. The number of rotatable bonds is 9. The first-order valence-electron chi connectivity index (χ1n) is 8.32. The summed E-state index contributed by atoms with van der Waals surface area (Å²) in [5, 5.41) is 3.72. The van der Waals surface area contributed by atoms with Crippen molar-refractivity contribution in [3.05, 3.63) is 30.1 Å². The molecule has 0 aliphatic heterocycles. The fourth-order valence-electron chi connectivity index (χ4n) is 2.57. The third-order valence-corrected chi connectivity index (χ3v) is 4.02. The maximum atomic E-state index is 4.09. The number of hydrogen-bond donors (Lipinski definition) is 1. The van der Waals surface area contributed by atoms with E-state index in [-0.39, 0.29) is 0 Å². The van der Waals surface area contributed by atoms with Crippen LogP contribution in [0.2, 0.25) is 0 Å². The molecule has 0 saturated heterocycles. The van der Waals surface area contributed by atoms with E-state index < -0.39 is 0 Å². The SMILES string of the molecule is CCCNC(CCN(CC)Cc1ccncc1)C(C)(C)C. The molecule has 1 aromatic heterocycles. The summed E-state index contributed by atoms with van der Waals surface area (Å²) in [6, 6.07) is 4.79. The van der Waals surface area contributed by atoms with Gasteiger partial charge >= 0.3 is 0 Å². The molecule has 1 heterocycles. The third-order valence-electron chi connectivity index (χ3n) is 4.02. The van der Waals surface area contributed by atoms with Gasteiger partial charge in [-0.3, -0.25) is 9.88 Å². The number of hydrogen-bond acceptors (Lipinski definition) is 3. The van der Waals surface area contributed by atoms with Crippen LogP contribution in [0.25, 0.3) is 0 Å². The van der Waals surface area contributed by atoms with Crippen LogP contribution in [0.1, 0.15) is 53.0 Å². The Balaban J connectivity index is 2.51. The van der Waals surface area contributed by atoms with E-state index in [2.05, 4.69) is 62.0 Å². The smallest absolute Gasteiger partial charge is 0.0271 e. The van der Waals surface area contributed by atoms with Crippen LogP contribution < -0.4 is 5.32 Å². The molecule has 0 aliphatic carbocycles. The van der Waals surface area contributed by atoms with Crippen LogP contribution in [-0.4, -0.2) is 35.6 Å². The van der Waals surface area contributed by atoms with E-state index in [9.17, 15) is 0 Å². The van der Waals surface area contributed by atoms with Gasteiger partial charge in [-0.25, -0.2) is 0 Å². The van der Waals surface area contributed by atoms with E-state index in [4.69, 9.17) is 0 Å². The van der Waals surface area contributed by atoms with Gasteiger partial charge in [-0.1, -0.05) is 34.6 Å². The second-order valence-electron chi connectivity index (χ2n) is 6.89. The molecular formula is C18H33N3. The average Bonchev–Trinajstić information content (AvgIpc) is 2.45. The lowest BCUT2D eigenvalue weighted by atomic mass is 9.84. The molecule has 0 aromatic carbocycles. The fraction of sp³-hybridized carbons (Fsp3) is 0.722. The van der Waals surface area contributed by atoms with Gasteiger partial charge in [0.2, 0.25) is 0 Å². The van der Waals surface area contributed by atoms with E-state index >= 15 is 0 Å². The van der Waals surface area contributed by atoms with Crippen molar-refractivity contribution in [2.75, 3.05) is 19.6 Å². The van der Waals surface area contributed by atoms with Crippen LogP contribution in [0.15, 0.2) is 24.5 Å². The summed E-state index contributed by atoms with van der Waals surface area (Å²) in [6.45, 7) is 15.8. The highest BCUT2D eigenvalue weighted by Crippen LogP contribution is 2.22. The van der Waals surface area contributed by atoms with Gasteiger partial charge in [0, 0.05) is 25.0 Å². The van der Waals surface area contributed by atoms with Gasteiger partial charge in [0.1, 0.15) is 0 Å². The Morgan fingerprint density at radius 3 is 2.38 bits per heavy atom. The molecule has 3 heteroatoms. The summed E-state index contributed by atoms with van der Waals surface area (Å²) in [5.74, 6) is 0. The highest BCUT2D eigenvalue weighted by Gasteiger charge is 2.24.